The highest BCUT2D eigenvalue weighted by Crippen LogP contribution is 2.42. The van der Waals surface area contributed by atoms with E-state index in [9.17, 15) is 0 Å². The smallest absolute Gasteiger partial charge is 0.251 e. The van der Waals surface area contributed by atoms with E-state index in [0.29, 0.717) is 11.8 Å². The maximum atomic E-state index is 5.58. The Balaban J connectivity index is 1.66. The second-order valence-electron chi connectivity index (χ2n) is 11.2. The van der Waals surface area contributed by atoms with Crippen LogP contribution in [0.4, 0.5) is 0 Å². The van der Waals surface area contributed by atoms with Gasteiger partial charge in [-0.25, -0.2) is 4.57 Å². The van der Waals surface area contributed by atoms with E-state index in [2.05, 4.69) is 71.5 Å². The van der Waals surface area contributed by atoms with E-state index >= 15 is 0 Å². The number of rotatable bonds is 2. The summed E-state index contributed by atoms with van der Waals surface area (Å²) in [6, 6.07) is 18.3. The van der Waals surface area contributed by atoms with Gasteiger partial charge < -0.3 is 0 Å². The van der Waals surface area contributed by atoms with Gasteiger partial charge in [0.05, 0.1) is 23.3 Å². The molecular weight excluding hydrogens is 426 g/mol. The Hall–Kier alpha value is -2.94. The van der Waals surface area contributed by atoms with Crippen LogP contribution in [0, 0.1) is 6.92 Å². The molecule has 3 aromatic heterocycles. The van der Waals surface area contributed by atoms with Gasteiger partial charge >= 0.3 is 0 Å². The van der Waals surface area contributed by atoms with Crippen molar-refractivity contribution in [1.29, 1.82) is 0 Å². The summed E-state index contributed by atoms with van der Waals surface area (Å²) in [7, 11) is 2.22. The lowest BCUT2D eigenvalue weighted by atomic mass is 9.82. The second-order valence-corrected chi connectivity index (χ2v) is 11.2. The Morgan fingerprint density at radius 3 is 2.23 bits per heavy atom. The maximum Gasteiger partial charge on any atom is 0.297 e. The zero-order valence-corrected chi connectivity index (χ0v) is 21.2. The highest BCUT2D eigenvalue weighted by Gasteiger charge is 2.29. The second kappa shape index (κ2) is 8.33. The fourth-order valence-corrected chi connectivity index (χ4v) is 7.36. The molecular formula is C32H36N3+. The first kappa shape index (κ1) is 21.4. The van der Waals surface area contributed by atoms with E-state index in [0.717, 1.165) is 0 Å². The van der Waals surface area contributed by atoms with Crippen LogP contribution in [0.1, 0.15) is 92.9 Å². The minimum Gasteiger partial charge on any atom is -0.251 e. The van der Waals surface area contributed by atoms with Gasteiger partial charge in [0.25, 0.3) is 5.65 Å². The van der Waals surface area contributed by atoms with Crippen molar-refractivity contribution < 1.29 is 4.57 Å². The lowest BCUT2D eigenvalue weighted by Crippen LogP contribution is -2.27. The number of para-hydroxylation sites is 2. The summed E-state index contributed by atoms with van der Waals surface area (Å²) in [4.78, 5) is 5.58. The zero-order chi connectivity index (χ0) is 23.5. The molecule has 0 aliphatic heterocycles. The minimum absolute atomic E-state index is 0.611. The average Bonchev–Trinajstić information content (AvgIpc) is 3.22. The molecule has 0 N–H and O–H groups in total. The normalized spacial score (nSPS) is 18.3. The van der Waals surface area contributed by atoms with Crippen molar-refractivity contribution in [2.45, 2.75) is 83.0 Å². The van der Waals surface area contributed by atoms with Gasteiger partial charge in [-0.3, -0.25) is 4.98 Å². The predicted octanol–water partition coefficient (Wildman–Crippen LogP) is 8.02. The number of nitrogens with zero attached hydrogens (tertiary/aromatic N) is 3. The van der Waals surface area contributed by atoms with Crippen molar-refractivity contribution in [2.75, 3.05) is 0 Å². The van der Waals surface area contributed by atoms with Crippen LogP contribution in [0.5, 0.6) is 0 Å². The van der Waals surface area contributed by atoms with E-state index in [-0.39, 0.29) is 0 Å². The van der Waals surface area contributed by atoms with Gasteiger partial charge in [0.1, 0.15) is 5.52 Å². The molecule has 3 nitrogen and oxygen atoms in total. The number of hydrogen-bond acceptors (Lipinski definition) is 1. The maximum absolute atomic E-state index is 5.58. The molecule has 0 bridgehead atoms. The van der Waals surface area contributed by atoms with Crippen LogP contribution < -0.4 is 4.57 Å². The van der Waals surface area contributed by atoms with Gasteiger partial charge in [-0.2, -0.15) is 4.40 Å². The van der Waals surface area contributed by atoms with Gasteiger partial charge in [0.2, 0.25) is 0 Å². The van der Waals surface area contributed by atoms with E-state index in [1.54, 1.807) is 0 Å². The number of aromatic nitrogens is 3. The van der Waals surface area contributed by atoms with Gasteiger partial charge in [0, 0.05) is 11.6 Å². The molecule has 2 aliphatic carbocycles. The molecule has 2 aromatic carbocycles. The van der Waals surface area contributed by atoms with Crippen LogP contribution in [-0.4, -0.2) is 9.38 Å². The average molecular weight is 463 g/mol. The van der Waals surface area contributed by atoms with Gasteiger partial charge in [-0.1, -0.05) is 62.8 Å². The topological polar surface area (TPSA) is 21.2 Å². The molecule has 0 saturated heterocycles. The summed E-state index contributed by atoms with van der Waals surface area (Å²) in [5.41, 5.74) is 10.6. The first-order valence-corrected chi connectivity index (χ1v) is 13.9. The minimum atomic E-state index is 0.611. The summed E-state index contributed by atoms with van der Waals surface area (Å²) in [5, 5.41) is 2.74. The van der Waals surface area contributed by atoms with Crippen LogP contribution in [-0.2, 0) is 7.05 Å². The summed E-state index contributed by atoms with van der Waals surface area (Å²) in [5.74, 6) is 1.25. The van der Waals surface area contributed by atoms with Gasteiger partial charge in [0.15, 0.2) is 11.0 Å². The Morgan fingerprint density at radius 2 is 1.46 bits per heavy atom. The van der Waals surface area contributed by atoms with Crippen molar-refractivity contribution in [1.82, 2.24) is 9.38 Å². The number of benzene rings is 2. The molecule has 3 heteroatoms. The molecule has 0 amide bonds. The molecule has 2 fully saturated rings. The highest BCUT2D eigenvalue weighted by molar-refractivity contribution is 6.13. The Morgan fingerprint density at radius 1 is 0.771 bits per heavy atom. The van der Waals surface area contributed by atoms with E-state index in [1.165, 1.54) is 120 Å². The van der Waals surface area contributed by atoms with E-state index < -0.39 is 0 Å². The van der Waals surface area contributed by atoms with Crippen molar-refractivity contribution in [3.8, 4) is 0 Å². The summed E-state index contributed by atoms with van der Waals surface area (Å²) in [6.07, 6.45) is 13.3. The quantitative estimate of drug-likeness (QED) is 0.192. The third-order valence-electron chi connectivity index (χ3n) is 9.09. The van der Waals surface area contributed by atoms with E-state index in [1.807, 2.05) is 0 Å². The monoisotopic (exact) mass is 462 g/mol. The molecule has 35 heavy (non-hydrogen) atoms. The molecule has 5 aromatic rings. The largest absolute Gasteiger partial charge is 0.297 e. The molecule has 0 atom stereocenters. The Bertz CT molecular complexity index is 1580. The van der Waals surface area contributed by atoms with Crippen molar-refractivity contribution in [2.24, 2.45) is 7.05 Å². The first-order valence-electron chi connectivity index (χ1n) is 13.9. The fraction of sp³-hybridized carbons (Fsp3) is 0.438. The number of hydrogen-bond donors (Lipinski definition) is 0. The lowest BCUT2D eigenvalue weighted by Gasteiger charge is -2.24. The first-order chi connectivity index (χ1) is 17.2. The number of aryl methyl sites for hydroxylation is 2. The van der Waals surface area contributed by atoms with Gasteiger partial charge in [-0.05, 0) is 73.9 Å². The highest BCUT2D eigenvalue weighted by atomic mass is 15.1. The van der Waals surface area contributed by atoms with Crippen molar-refractivity contribution >= 4 is 38.5 Å². The van der Waals surface area contributed by atoms with Crippen LogP contribution in [0.2, 0.25) is 0 Å². The van der Waals surface area contributed by atoms with Gasteiger partial charge in [-0.15, -0.1) is 0 Å². The van der Waals surface area contributed by atoms with Crippen LogP contribution >= 0.6 is 0 Å². The molecule has 7 rings (SSSR count). The van der Waals surface area contributed by atoms with Crippen molar-refractivity contribution in [3.05, 3.63) is 65.4 Å². The summed E-state index contributed by atoms with van der Waals surface area (Å²) >= 11 is 0. The van der Waals surface area contributed by atoms with Crippen molar-refractivity contribution in [3.63, 3.8) is 0 Å². The molecule has 2 aliphatic rings. The standard InChI is InChI=1S/C32H36N3/c1-21-20-25(23-14-7-4-8-15-23)33-31-29(21)32-34(2)26-17-9-10-18-27(26)35(32)28-19-11-16-24(30(28)31)22-12-5-3-6-13-22/h9-11,16-20,22-23H,3-8,12-15H2,1-2H3/q+1. The molecule has 0 spiro atoms. The molecule has 0 radical (unpaired) electrons. The molecule has 0 unspecified atom stereocenters. The molecule has 2 saturated carbocycles. The van der Waals surface area contributed by atoms with Crippen LogP contribution in [0.3, 0.4) is 0 Å². The fourth-order valence-electron chi connectivity index (χ4n) is 7.36. The SMILES string of the molecule is Cc1cc(C2CCCCC2)nc2c3c(C4CCCCC4)cccc3n3c4ccccc4[n+](C)c3c12. The van der Waals surface area contributed by atoms with E-state index in [4.69, 9.17) is 4.98 Å². The third-order valence-corrected chi connectivity index (χ3v) is 9.09. The number of pyridine rings is 2. The number of fused-ring (bicyclic) bond motifs is 8. The molecule has 178 valence electrons. The van der Waals surface area contributed by atoms with Crippen LogP contribution in [0.25, 0.3) is 38.5 Å². The Labute approximate surface area is 207 Å². The lowest BCUT2D eigenvalue weighted by molar-refractivity contribution is -0.617. The number of imidazole rings is 1. The third kappa shape index (κ3) is 3.23. The molecule has 3 heterocycles. The summed E-state index contributed by atoms with van der Waals surface area (Å²) in [6.45, 7) is 2.32. The predicted molar refractivity (Wildman–Crippen MR) is 145 cm³/mol. The Kier molecular flexibility index (Phi) is 5.08. The van der Waals surface area contributed by atoms with Crippen LogP contribution in [0.15, 0.2) is 48.5 Å². The zero-order valence-electron chi connectivity index (χ0n) is 21.2. The summed E-state index contributed by atoms with van der Waals surface area (Å²) < 4.78 is 4.91.